The van der Waals surface area contributed by atoms with Gasteiger partial charge in [0.1, 0.15) is 0 Å². The predicted molar refractivity (Wildman–Crippen MR) is 122 cm³/mol. The number of hydrogen-bond acceptors (Lipinski definition) is 3. The largest absolute Gasteiger partial charge is 0.307 e. The Hall–Kier alpha value is -1.99. The Morgan fingerprint density at radius 2 is 1.10 bits per heavy atom. The highest BCUT2D eigenvalue weighted by atomic mass is 31.2. The molecule has 0 spiro atoms. The van der Waals surface area contributed by atoms with E-state index in [4.69, 9.17) is 0 Å². The van der Waals surface area contributed by atoms with Crippen molar-refractivity contribution in [3.8, 4) is 0 Å². The van der Waals surface area contributed by atoms with Gasteiger partial charge in [-0.05, 0) is 67.9 Å². The van der Waals surface area contributed by atoms with E-state index in [2.05, 4.69) is 20.8 Å². The fraction of sp³-hybridized carbons (Fsp3) is 0.440. The van der Waals surface area contributed by atoms with Gasteiger partial charge in [0.25, 0.3) is 0 Å². The average molecular weight is 413 g/mol. The summed E-state index contributed by atoms with van der Waals surface area (Å²) in [7, 11) is -3.78. The Kier molecular flexibility index (Phi) is 6.45. The summed E-state index contributed by atoms with van der Waals surface area (Å²) >= 11 is 0. The molecule has 0 amide bonds. The lowest BCUT2D eigenvalue weighted by Crippen LogP contribution is -2.18. The molecule has 2 rings (SSSR count). The second kappa shape index (κ2) is 8.03. The van der Waals surface area contributed by atoms with Gasteiger partial charge in [-0.1, -0.05) is 57.5 Å². The molecule has 0 N–H and O–H groups in total. The molecule has 156 valence electrons. The quantitative estimate of drug-likeness (QED) is 0.502. The lowest BCUT2D eigenvalue weighted by molar-refractivity contribution is 0.103. The van der Waals surface area contributed by atoms with Crippen molar-refractivity contribution in [2.45, 2.75) is 67.7 Å². The van der Waals surface area contributed by atoms with Crippen LogP contribution in [0.25, 0.3) is 0 Å². The number of aryl methyl sites for hydroxylation is 5. The van der Waals surface area contributed by atoms with E-state index in [1.165, 1.54) is 0 Å². The van der Waals surface area contributed by atoms with E-state index < -0.39 is 18.2 Å². The van der Waals surface area contributed by atoms with Gasteiger partial charge in [-0.3, -0.25) is 9.59 Å². The van der Waals surface area contributed by atoms with E-state index in [0.29, 0.717) is 11.1 Å². The molecule has 1 unspecified atom stereocenters. The van der Waals surface area contributed by atoms with Crippen molar-refractivity contribution < 1.29 is 14.2 Å². The minimum atomic E-state index is -3.78. The fourth-order valence-corrected chi connectivity index (χ4v) is 6.18. The first-order valence-corrected chi connectivity index (χ1v) is 12.0. The molecular formula is C25H33O3P. The van der Waals surface area contributed by atoms with Gasteiger partial charge in [0.2, 0.25) is 18.2 Å². The normalized spacial score (nSPS) is 13.8. The van der Waals surface area contributed by atoms with E-state index in [-0.39, 0.29) is 11.6 Å². The summed E-state index contributed by atoms with van der Waals surface area (Å²) in [6, 6.07) is 7.76. The highest BCUT2D eigenvalue weighted by molar-refractivity contribution is 7.95. The van der Waals surface area contributed by atoms with E-state index in [1.807, 2.05) is 58.9 Å². The number of hydrogen-bond donors (Lipinski definition) is 0. The second-order valence-electron chi connectivity index (χ2n) is 9.17. The van der Waals surface area contributed by atoms with Gasteiger partial charge < -0.3 is 4.57 Å². The van der Waals surface area contributed by atoms with Crippen LogP contribution in [0, 0.1) is 34.6 Å². The Balaban J connectivity index is 2.64. The maximum absolute atomic E-state index is 13.9. The third-order valence-electron chi connectivity index (χ3n) is 5.60. The minimum absolute atomic E-state index is 0.0251. The zero-order valence-corrected chi connectivity index (χ0v) is 20.1. The van der Waals surface area contributed by atoms with Crippen LogP contribution >= 0.6 is 7.14 Å². The van der Waals surface area contributed by atoms with Crippen LogP contribution in [-0.2, 0) is 9.98 Å². The number of carbonyl (C=O) groups excluding carboxylic acids is 2. The van der Waals surface area contributed by atoms with Crippen LogP contribution in [0.4, 0.5) is 0 Å². The number of rotatable bonds is 5. The summed E-state index contributed by atoms with van der Waals surface area (Å²) in [6.45, 7) is 17.4. The van der Waals surface area contributed by atoms with Gasteiger partial charge in [0.05, 0.1) is 0 Å². The second-order valence-corrected chi connectivity index (χ2v) is 12.1. The van der Waals surface area contributed by atoms with Crippen LogP contribution in [0.1, 0.15) is 81.8 Å². The first kappa shape index (κ1) is 23.3. The fourth-order valence-electron chi connectivity index (χ4n) is 3.99. The lowest BCUT2D eigenvalue weighted by Gasteiger charge is -2.23. The SMILES string of the molecule is CCP(=O)(C(=O)c1c(C)cc(C)cc1C)C(=O)c1c(C)cc(C(C)(C)C)cc1C. The van der Waals surface area contributed by atoms with E-state index in [9.17, 15) is 14.2 Å². The molecule has 0 aromatic heterocycles. The van der Waals surface area contributed by atoms with Crippen molar-refractivity contribution in [3.63, 3.8) is 0 Å². The molecule has 0 saturated heterocycles. The van der Waals surface area contributed by atoms with Gasteiger partial charge in [0.15, 0.2) is 0 Å². The molecule has 0 aliphatic carbocycles. The van der Waals surface area contributed by atoms with Crippen molar-refractivity contribution in [1.82, 2.24) is 0 Å². The molecule has 0 radical (unpaired) electrons. The van der Waals surface area contributed by atoms with Crippen molar-refractivity contribution in [3.05, 3.63) is 68.8 Å². The molecular weight excluding hydrogens is 379 g/mol. The van der Waals surface area contributed by atoms with Crippen LogP contribution in [0.5, 0.6) is 0 Å². The molecule has 0 heterocycles. The van der Waals surface area contributed by atoms with E-state index >= 15 is 0 Å². The first-order chi connectivity index (χ1) is 13.2. The molecule has 2 aromatic rings. The maximum Gasteiger partial charge on any atom is 0.229 e. The molecule has 29 heavy (non-hydrogen) atoms. The highest BCUT2D eigenvalue weighted by Gasteiger charge is 2.41. The van der Waals surface area contributed by atoms with E-state index in [1.54, 1.807) is 6.92 Å². The van der Waals surface area contributed by atoms with Gasteiger partial charge in [-0.15, -0.1) is 0 Å². The molecule has 3 nitrogen and oxygen atoms in total. The summed E-state index contributed by atoms with van der Waals surface area (Å²) < 4.78 is 13.9. The van der Waals surface area contributed by atoms with Gasteiger partial charge >= 0.3 is 0 Å². The molecule has 1 atom stereocenters. The minimum Gasteiger partial charge on any atom is -0.307 e. The van der Waals surface area contributed by atoms with Gasteiger partial charge in [-0.2, -0.15) is 0 Å². The monoisotopic (exact) mass is 412 g/mol. The summed E-state index contributed by atoms with van der Waals surface area (Å²) in [5.41, 5.74) is 5.02. The van der Waals surface area contributed by atoms with Crippen LogP contribution in [-0.4, -0.2) is 17.2 Å². The zero-order valence-electron chi connectivity index (χ0n) is 19.2. The molecule has 0 aliphatic rings. The third kappa shape index (κ3) is 4.31. The number of carbonyl (C=O) groups is 2. The molecule has 0 aliphatic heterocycles. The van der Waals surface area contributed by atoms with Crippen LogP contribution in [0.15, 0.2) is 24.3 Å². The van der Waals surface area contributed by atoms with Crippen molar-refractivity contribution in [2.24, 2.45) is 0 Å². The smallest absolute Gasteiger partial charge is 0.229 e. The molecule has 0 fully saturated rings. The van der Waals surface area contributed by atoms with Crippen LogP contribution in [0.2, 0.25) is 0 Å². The Morgan fingerprint density at radius 3 is 1.41 bits per heavy atom. The Labute approximate surface area is 175 Å². The van der Waals surface area contributed by atoms with E-state index in [0.717, 1.165) is 33.4 Å². The molecule has 0 saturated carbocycles. The summed E-state index contributed by atoms with van der Waals surface area (Å²) in [5, 5.41) is 0. The van der Waals surface area contributed by atoms with Crippen LogP contribution < -0.4 is 0 Å². The standard InChI is InChI=1S/C25H33O3P/c1-10-29(28,23(26)21-16(3)11-15(2)12-17(21)4)24(27)22-18(5)13-20(14-19(22)6)25(7,8)9/h11-14H,10H2,1-9H3. The highest BCUT2D eigenvalue weighted by Crippen LogP contribution is 2.53. The Bertz CT molecular complexity index is 993. The van der Waals surface area contributed by atoms with Gasteiger partial charge in [0, 0.05) is 17.3 Å². The van der Waals surface area contributed by atoms with Crippen LogP contribution in [0.3, 0.4) is 0 Å². The third-order valence-corrected chi connectivity index (χ3v) is 8.26. The Morgan fingerprint density at radius 1 is 0.759 bits per heavy atom. The first-order valence-electron chi connectivity index (χ1n) is 10.1. The zero-order chi connectivity index (χ0) is 22.3. The molecule has 0 bridgehead atoms. The summed E-state index contributed by atoms with van der Waals surface area (Å²) in [6.07, 6.45) is 0.0251. The predicted octanol–water partition coefficient (Wildman–Crippen LogP) is 6.89. The number of benzene rings is 2. The summed E-state index contributed by atoms with van der Waals surface area (Å²) in [5.74, 6) is 0. The van der Waals surface area contributed by atoms with Crippen molar-refractivity contribution in [1.29, 1.82) is 0 Å². The van der Waals surface area contributed by atoms with Crippen molar-refractivity contribution >= 4 is 18.2 Å². The molecule has 4 heteroatoms. The lowest BCUT2D eigenvalue weighted by atomic mass is 9.84. The topological polar surface area (TPSA) is 51.2 Å². The summed E-state index contributed by atoms with van der Waals surface area (Å²) in [4.78, 5) is 27.0. The van der Waals surface area contributed by atoms with Gasteiger partial charge in [-0.25, -0.2) is 0 Å². The average Bonchev–Trinajstić information content (AvgIpc) is 2.58. The van der Waals surface area contributed by atoms with Crippen molar-refractivity contribution in [2.75, 3.05) is 6.16 Å². The molecule has 2 aromatic carbocycles. The maximum atomic E-state index is 13.9.